The Bertz CT molecular complexity index is 1240. The lowest BCUT2D eigenvalue weighted by atomic mass is 10.1. The largest absolute Gasteiger partial charge is 0.497 e. The minimum Gasteiger partial charge on any atom is -0.497 e. The molecule has 1 atom stereocenters. The molecule has 1 aliphatic rings. The van der Waals surface area contributed by atoms with Gasteiger partial charge in [-0.1, -0.05) is 44.0 Å². The van der Waals surface area contributed by atoms with E-state index in [2.05, 4.69) is 5.32 Å². The monoisotopic (exact) mass is 558 g/mol. The van der Waals surface area contributed by atoms with Gasteiger partial charge in [-0.15, -0.1) is 0 Å². The van der Waals surface area contributed by atoms with Gasteiger partial charge in [-0.25, -0.2) is 4.31 Å². The Hall–Kier alpha value is -3.11. The van der Waals surface area contributed by atoms with Gasteiger partial charge in [-0.2, -0.15) is 12.7 Å². The topological polar surface area (TPSA) is 99.3 Å². The normalized spacial score (nSPS) is 14.7. The van der Waals surface area contributed by atoms with E-state index >= 15 is 0 Å². The summed E-state index contributed by atoms with van der Waals surface area (Å²) in [7, 11) is 0.454. The number of ether oxygens (including phenoxy) is 1. The third-order valence-corrected chi connectivity index (χ3v) is 9.06. The number of hydrogen-bond acceptors (Lipinski definition) is 5. The third kappa shape index (κ3) is 7.51. The van der Waals surface area contributed by atoms with Gasteiger partial charge >= 0.3 is 10.2 Å². The van der Waals surface area contributed by atoms with Crippen LogP contribution in [0.25, 0.3) is 0 Å². The molecular formula is C29H42N4O5S. The molecule has 0 spiro atoms. The van der Waals surface area contributed by atoms with Gasteiger partial charge in [0.1, 0.15) is 18.3 Å². The SMILES string of the molecule is CCC(C(=O)NC1CCCC1)N(Cc1ccc(OC)cc1)C(=O)CN(c1cc(C)ccc1C)S(=O)(=O)N(C)C. The predicted molar refractivity (Wildman–Crippen MR) is 154 cm³/mol. The maximum Gasteiger partial charge on any atom is 0.304 e. The summed E-state index contributed by atoms with van der Waals surface area (Å²) >= 11 is 0. The Morgan fingerprint density at radius 3 is 2.26 bits per heavy atom. The van der Waals surface area contributed by atoms with Gasteiger partial charge in [0.2, 0.25) is 11.8 Å². The zero-order chi connectivity index (χ0) is 28.7. The maximum atomic E-state index is 14.1. The molecule has 0 saturated heterocycles. The number of amides is 2. The van der Waals surface area contributed by atoms with Gasteiger partial charge in [-0.05, 0) is 68.0 Å². The van der Waals surface area contributed by atoms with Crippen LogP contribution >= 0.6 is 0 Å². The smallest absolute Gasteiger partial charge is 0.304 e. The van der Waals surface area contributed by atoms with Crippen molar-refractivity contribution in [3.8, 4) is 5.75 Å². The fourth-order valence-corrected chi connectivity index (χ4v) is 6.02. The van der Waals surface area contributed by atoms with Crippen LogP contribution in [0.3, 0.4) is 0 Å². The summed E-state index contributed by atoms with van der Waals surface area (Å²) in [5.74, 6) is 0.0198. The van der Waals surface area contributed by atoms with Crippen molar-refractivity contribution >= 4 is 27.7 Å². The van der Waals surface area contributed by atoms with Crippen LogP contribution in [0.4, 0.5) is 5.69 Å². The average Bonchev–Trinajstić information content (AvgIpc) is 3.41. The first-order valence-corrected chi connectivity index (χ1v) is 14.9. The Morgan fingerprint density at radius 2 is 1.69 bits per heavy atom. The number of rotatable bonds is 12. The molecule has 10 heteroatoms. The molecule has 1 aliphatic carbocycles. The van der Waals surface area contributed by atoms with E-state index < -0.39 is 28.7 Å². The van der Waals surface area contributed by atoms with E-state index in [0.717, 1.165) is 51.0 Å². The van der Waals surface area contributed by atoms with E-state index in [1.165, 1.54) is 19.0 Å². The van der Waals surface area contributed by atoms with Crippen molar-refractivity contribution in [3.63, 3.8) is 0 Å². The molecule has 39 heavy (non-hydrogen) atoms. The second kappa shape index (κ2) is 13.3. The van der Waals surface area contributed by atoms with Crippen molar-refractivity contribution < 1.29 is 22.7 Å². The Balaban J connectivity index is 2.00. The van der Waals surface area contributed by atoms with Crippen molar-refractivity contribution in [1.82, 2.24) is 14.5 Å². The molecule has 3 rings (SSSR count). The van der Waals surface area contributed by atoms with E-state index in [9.17, 15) is 18.0 Å². The van der Waals surface area contributed by atoms with E-state index in [-0.39, 0.29) is 18.5 Å². The fourth-order valence-electron chi connectivity index (χ4n) is 4.90. The van der Waals surface area contributed by atoms with Crippen molar-refractivity contribution in [2.45, 2.75) is 71.5 Å². The third-order valence-electron chi connectivity index (χ3n) is 7.25. The molecule has 2 amide bonds. The number of benzene rings is 2. The van der Waals surface area contributed by atoms with Crippen LogP contribution in [0, 0.1) is 13.8 Å². The Morgan fingerprint density at radius 1 is 1.05 bits per heavy atom. The van der Waals surface area contributed by atoms with Crippen LogP contribution in [0.15, 0.2) is 42.5 Å². The number of nitrogens with one attached hydrogen (secondary N) is 1. The first kappa shape index (κ1) is 30.4. The highest BCUT2D eigenvalue weighted by Gasteiger charge is 2.35. The first-order chi connectivity index (χ1) is 18.5. The van der Waals surface area contributed by atoms with Crippen molar-refractivity contribution in [2.24, 2.45) is 0 Å². The summed E-state index contributed by atoms with van der Waals surface area (Å²) in [5, 5.41) is 3.13. The summed E-state index contributed by atoms with van der Waals surface area (Å²) in [5.41, 5.74) is 2.85. The van der Waals surface area contributed by atoms with Crippen LogP contribution in [-0.2, 0) is 26.3 Å². The predicted octanol–water partition coefficient (Wildman–Crippen LogP) is 3.79. The minimum atomic E-state index is -4.01. The summed E-state index contributed by atoms with van der Waals surface area (Å²) in [6, 6.07) is 12.2. The summed E-state index contributed by atoms with van der Waals surface area (Å²) in [4.78, 5) is 29.0. The lowest BCUT2D eigenvalue weighted by Crippen LogP contribution is -2.54. The highest BCUT2D eigenvalue weighted by atomic mass is 32.2. The Labute approximate surface area is 233 Å². The lowest BCUT2D eigenvalue weighted by Gasteiger charge is -2.34. The van der Waals surface area contributed by atoms with Crippen LogP contribution in [-0.4, -0.2) is 69.3 Å². The quantitative estimate of drug-likeness (QED) is 0.427. The molecule has 0 bridgehead atoms. The highest BCUT2D eigenvalue weighted by Crippen LogP contribution is 2.26. The van der Waals surface area contributed by atoms with Gasteiger partial charge in [-0.3, -0.25) is 9.59 Å². The number of anilines is 1. The lowest BCUT2D eigenvalue weighted by molar-refractivity contribution is -0.140. The molecule has 2 aromatic rings. The minimum absolute atomic E-state index is 0.102. The number of carbonyl (C=O) groups is 2. The molecule has 9 nitrogen and oxygen atoms in total. The molecule has 1 unspecified atom stereocenters. The molecule has 0 aliphatic heterocycles. The van der Waals surface area contributed by atoms with Gasteiger partial charge in [0.25, 0.3) is 0 Å². The van der Waals surface area contributed by atoms with E-state index in [1.807, 2.05) is 45.0 Å². The molecule has 214 valence electrons. The number of hydrogen-bond donors (Lipinski definition) is 1. The molecule has 2 aromatic carbocycles. The molecule has 1 N–H and O–H groups in total. The second-order valence-electron chi connectivity index (χ2n) is 10.4. The average molecular weight is 559 g/mol. The van der Waals surface area contributed by atoms with Crippen molar-refractivity contribution in [2.75, 3.05) is 32.1 Å². The van der Waals surface area contributed by atoms with E-state index in [0.29, 0.717) is 17.9 Å². The first-order valence-electron chi connectivity index (χ1n) is 13.5. The van der Waals surface area contributed by atoms with Gasteiger partial charge < -0.3 is 15.0 Å². The standard InChI is InChI=1S/C29H42N4O5S/c1-7-26(29(35)30-24-10-8-9-11-24)32(19-23-14-16-25(38-6)17-15-23)28(34)20-33(39(36,37)31(4)5)27-18-21(2)12-13-22(27)3/h12-18,24,26H,7-11,19-20H2,1-6H3,(H,30,35). The van der Waals surface area contributed by atoms with Gasteiger partial charge in [0, 0.05) is 26.7 Å². The summed E-state index contributed by atoms with van der Waals surface area (Å²) in [6.45, 7) is 5.28. The maximum absolute atomic E-state index is 14.1. The van der Waals surface area contributed by atoms with E-state index in [4.69, 9.17) is 4.74 Å². The zero-order valence-electron chi connectivity index (χ0n) is 23.9. The molecule has 0 heterocycles. The fraction of sp³-hybridized carbons (Fsp3) is 0.517. The van der Waals surface area contributed by atoms with Crippen molar-refractivity contribution in [1.29, 1.82) is 0 Å². The zero-order valence-corrected chi connectivity index (χ0v) is 24.8. The summed E-state index contributed by atoms with van der Waals surface area (Å²) in [6.07, 6.45) is 4.39. The summed E-state index contributed by atoms with van der Waals surface area (Å²) < 4.78 is 34.4. The van der Waals surface area contributed by atoms with E-state index in [1.54, 1.807) is 25.3 Å². The van der Waals surface area contributed by atoms with Crippen LogP contribution in [0.1, 0.15) is 55.7 Å². The number of carbonyl (C=O) groups excluding carboxylic acids is 2. The van der Waals surface area contributed by atoms with Crippen molar-refractivity contribution in [3.05, 3.63) is 59.2 Å². The number of nitrogens with zero attached hydrogens (tertiary/aromatic N) is 3. The van der Waals surface area contributed by atoms with Gasteiger partial charge in [0.15, 0.2) is 0 Å². The van der Waals surface area contributed by atoms with Gasteiger partial charge in [0.05, 0.1) is 12.8 Å². The van der Waals surface area contributed by atoms with Crippen LogP contribution < -0.4 is 14.4 Å². The highest BCUT2D eigenvalue weighted by molar-refractivity contribution is 7.90. The van der Waals surface area contributed by atoms with Crippen LogP contribution in [0.2, 0.25) is 0 Å². The number of methoxy groups -OCH3 is 1. The molecule has 1 fully saturated rings. The molecule has 0 radical (unpaired) electrons. The van der Waals surface area contributed by atoms with Crippen LogP contribution in [0.5, 0.6) is 5.75 Å². The molecule has 1 saturated carbocycles. The Kier molecular flexibility index (Phi) is 10.4. The molecule has 0 aromatic heterocycles. The number of aryl methyl sites for hydroxylation is 2. The molecular weight excluding hydrogens is 516 g/mol. The second-order valence-corrected chi connectivity index (χ2v) is 12.4.